The first-order valence-electron chi connectivity index (χ1n) is 8.26. The number of nitrogens with zero attached hydrogens (tertiary/aromatic N) is 3. The number of pyridine rings is 1. The van der Waals surface area contributed by atoms with Crippen molar-refractivity contribution < 1.29 is 9.59 Å². The van der Waals surface area contributed by atoms with Crippen LogP contribution >= 0.6 is 0 Å². The maximum absolute atomic E-state index is 12.3. The number of rotatable bonds is 6. The molecular weight excluding hydrogens is 304 g/mol. The second-order valence-electron chi connectivity index (χ2n) is 6.70. The molecule has 1 fully saturated rings. The molecule has 1 saturated carbocycles. The highest BCUT2D eigenvalue weighted by Gasteiger charge is 2.23. The van der Waals surface area contributed by atoms with Crippen molar-refractivity contribution in [1.29, 1.82) is 0 Å². The molecule has 0 spiro atoms. The molecule has 2 aromatic heterocycles. The molecule has 1 aliphatic rings. The van der Waals surface area contributed by atoms with E-state index in [0.717, 1.165) is 23.8 Å². The molecule has 0 unspecified atom stereocenters. The lowest BCUT2D eigenvalue weighted by Crippen LogP contribution is -2.36. The molecule has 0 radical (unpaired) electrons. The number of likely N-dealkylation sites (N-methyl/N-ethyl adjacent to an activating group) is 1. The van der Waals surface area contributed by atoms with Crippen molar-refractivity contribution >= 4 is 23.1 Å². The van der Waals surface area contributed by atoms with Gasteiger partial charge in [0.05, 0.1) is 12.1 Å². The van der Waals surface area contributed by atoms with Gasteiger partial charge in [0.15, 0.2) is 0 Å². The number of aromatic nitrogens is 1. The van der Waals surface area contributed by atoms with Crippen LogP contribution < -0.4 is 10.2 Å². The monoisotopic (exact) mass is 328 g/mol. The predicted octanol–water partition coefficient (Wildman–Crippen LogP) is 1.60. The number of amides is 2. The third kappa shape index (κ3) is 3.53. The fraction of sp³-hybridized carbons (Fsp3) is 0.444. The predicted molar refractivity (Wildman–Crippen MR) is 94.4 cm³/mol. The Bertz CT molecular complexity index is 761. The van der Waals surface area contributed by atoms with E-state index in [-0.39, 0.29) is 18.4 Å². The van der Waals surface area contributed by atoms with Gasteiger partial charge in [-0.15, -0.1) is 0 Å². The van der Waals surface area contributed by atoms with Crippen LogP contribution in [0.3, 0.4) is 0 Å². The van der Waals surface area contributed by atoms with Gasteiger partial charge >= 0.3 is 0 Å². The smallest absolute Gasteiger partial charge is 0.253 e. The number of anilines is 1. The van der Waals surface area contributed by atoms with Crippen molar-refractivity contribution in [2.75, 3.05) is 39.1 Å². The molecule has 0 saturated heterocycles. The number of fused-ring (bicyclic) bond motifs is 1. The summed E-state index contributed by atoms with van der Waals surface area (Å²) in [6, 6.07) is 7.84. The van der Waals surface area contributed by atoms with E-state index in [1.54, 1.807) is 20.2 Å². The van der Waals surface area contributed by atoms with E-state index in [2.05, 4.69) is 29.4 Å². The number of hydrogen-bond acceptors (Lipinski definition) is 3. The fourth-order valence-corrected chi connectivity index (χ4v) is 2.73. The van der Waals surface area contributed by atoms with Crippen molar-refractivity contribution in [3.05, 3.63) is 36.0 Å². The van der Waals surface area contributed by atoms with Gasteiger partial charge in [0.1, 0.15) is 5.82 Å². The van der Waals surface area contributed by atoms with Gasteiger partial charge in [0, 0.05) is 39.4 Å². The second kappa shape index (κ2) is 6.55. The Morgan fingerprint density at radius 3 is 2.54 bits per heavy atom. The lowest BCUT2D eigenvalue weighted by Gasteiger charge is -2.19. The Labute approximate surface area is 142 Å². The van der Waals surface area contributed by atoms with Crippen LogP contribution in [-0.4, -0.2) is 55.3 Å². The normalized spacial score (nSPS) is 13.8. The lowest BCUT2D eigenvalue weighted by atomic mass is 10.2. The lowest BCUT2D eigenvalue weighted by molar-refractivity contribution is -0.127. The molecular formula is C18H24N4O2. The van der Waals surface area contributed by atoms with Crippen LogP contribution in [0.25, 0.3) is 5.52 Å². The van der Waals surface area contributed by atoms with Gasteiger partial charge in [-0.3, -0.25) is 9.59 Å². The number of carbonyl (C=O) groups excluding carboxylic acids is 2. The van der Waals surface area contributed by atoms with Crippen LogP contribution in [0.2, 0.25) is 0 Å². The molecule has 128 valence electrons. The summed E-state index contributed by atoms with van der Waals surface area (Å²) in [5.74, 6) is 1.51. The van der Waals surface area contributed by atoms with Crippen molar-refractivity contribution in [3.63, 3.8) is 0 Å². The maximum atomic E-state index is 12.3. The third-order valence-corrected chi connectivity index (χ3v) is 4.41. The molecule has 1 aliphatic carbocycles. The van der Waals surface area contributed by atoms with E-state index in [9.17, 15) is 9.59 Å². The highest BCUT2D eigenvalue weighted by atomic mass is 16.2. The Kier molecular flexibility index (Phi) is 4.46. The van der Waals surface area contributed by atoms with E-state index in [4.69, 9.17) is 0 Å². The van der Waals surface area contributed by atoms with Crippen LogP contribution in [0.15, 0.2) is 30.5 Å². The van der Waals surface area contributed by atoms with E-state index >= 15 is 0 Å². The van der Waals surface area contributed by atoms with Crippen LogP contribution in [0.5, 0.6) is 0 Å². The van der Waals surface area contributed by atoms with Crippen molar-refractivity contribution in [2.45, 2.75) is 12.8 Å². The molecule has 0 aromatic carbocycles. The number of nitrogens with one attached hydrogen (secondary N) is 1. The minimum absolute atomic E-state index is 0.00396. The molecule has 2 heterocycles. The summed E-state index contributed by atoms with van der Waals surface area (Å²) >= 11 is 0. The molecule has 6 heteroatoms. The third-order valence-electron chi connectivity index (χ3n) is 4.41. The fourth-order valence-electron chi connectivity index (χ4n) is 2.73. The molecule has 2 amide bonds. The van der Waals surface area contributed by atoms with Crippen LogP contribution in [0.4, 0.5) is 5.82 Å². The quantitative estimate of drug-likeness (QED) is 0.876. The zero-order chi connectivity index (χ0) is 17.3. The summed E-state index contributed by atoms with van der Waals surface area (Å²) in [5, 5.41) is 2.67. The van der Waals surface area contributed by atoms with Gasteiger partial charge in [-0.1, -0.05) is 0 Å². The van der Waals surface area contributed by atoms with Crippen molar-refractivity contribution in [2.24, 2.45) is 5.92 Å². The Hall–Kier alpha value is -2.50. The zero-order valence-corrected chi connectivity index (χ0v) is 14.5. The molecule has 6 nitrogen and oxygen atoms in total. The molecule has 0 aliphatic heterocycles. The molecule has 3 rings (SSSR count). The average Bonchev–Trinajstić information content (AvgIpc) is 3.26. The Morgan fingerprint density at radius 2 is 1.88 bits per heavy atom. The molecule has 24 heavy (non-hydrogen) atoms. The summed E-state index contributed by atoms with van der Waals surface area (Å²) in [4.78, 5) is 27.6. The zero-order valence-electron chi connectivity index (χ0n) is 14.5. The largest absolute Gasteiger partial charge is 0.361 e. The first kappa shape index (κ1) is 16.4. The molecule has 1 N–H and O–H groups in total. The van der Waals surface area contributed by atoms with Gasteiger partial charge in [0.2, 0.25) is 5.91 Å². The highest BCUT2D eigenvalue weighted by molar-refractivity contribution is 5.96. The van der Waals surface area contributed by atoms with Crippen LogP contribution in [-0.2, 0) is 4.79 Å². The minimum atomic E-state index is -0.239. The van der Waals surface area contributed by atoms with Gasteiger partial charge < -0.3 is 19.5 Å². The Morgan fingerprint density at radius 1 is 1.17 bits per heavy atom. The first-order chi connectivity index (χ1) is 11.5. The molecule has 0 atom stereocenters. The van der Waals surface area contributed by atoms with Gasteiger partial charge in [-0.05, 0) is 43.0 Å². The summed E-state index contributed by atoms with van der Waals surface area (Å²) in [5.41, 5.74) is 1.60. The SMILES string of the molecule is CN(C)C(=O)CNC(=O)c1ccc2ccc(N(C)CC3CC3)n2c1. The minimum Gasteiger partial charge on any atom is -0.361 e. The van der Waals surface area contributed by atoms with Crippen molar-refractivity contribution in [3.8, 4) is 0 Å². The first-order valence-corrected chi connectivity index (χ1v) is 8.26. The van der Waals surface area contributed by atoms with Gasteiger partial charge in [-0.2, -0.15) is 0 Å². The average molecular weight is 328 g/mol. The summed E-state index contributed by atoms with van der Waals surface area (Å²) in [6.07, 6.45) is 4.45. The molecule has 0 bridgehead atoms. The van der Waals surface area contributed by atoms with Crippen molar-refractivity contribution in [1.82, 2.24) is 14.6 Å². The summed E-state index contributed by atoms with van der Waals surface area (Å²) < 4.78 is 2.03. The van der Waals surface area contributed by atoms with E-state index in [1.807, 2.05) is 16.7 Å². The van der Waals surface area contributed by atoms with E-state index < -0.39 is 0 Å². The van der Waals surface area contributed by atoms with Gasteiger partial charge in [0.25, 0.3) is 5.91 Å². The van der Waals surface area contributed by atoms with Gasteiger partial charge in [-0.25, -0.2) is 0 Å². The van der Waals surface area contributed by atoms with Crippen LogP contribution in [0.1, 0.15) is 23.2 Å². The standard InChI is InChI=1S/C18H24N4O2/c1-20(2)17(23)10-19-18(24)14-6-7-15-8-9-16(22(15)12-14)21(3)11-13-4-5-13/h6-9,12-13H,4-5,10-11H2,1-3H3,(H,19,24). The van der Waals surface area contributed by atoms with Crippen LogP contribution in [0, 0.1) is 5.92 Å². The molecule has 2 aromatic rings. The maximum Gasteiger partial charge on any atom is 0.253 e. The summed E-state index contributed by atoms with van der Waals surface area (Å²) in [7, 11) is 5.42. The highest BCUT2D eigenvalue weighted by Crippen LogP contribution is 2.31. The second-order valence-corrected chi connectivity index (χ2v) is 6.70. The Balaban J connectivity index is 1.76. The topological polar surface area (TPSA) is 57.1 Å². The number of hydrogen-bond donors (Lipinski definition) is 1. The van der Waals surface area contributed by atoms with E-state index in [0.29, 0.717) is 5.56 Å². The number of carbonyl (C=O) groups is 2. The van der Waals surface area contributed by atoms with E-state index in [1.165, 1.54) is 17.7 Å². The summed E-state index contributed by atoms with van der Waals surface area (Å²) in [6.45, 7) is 1.05.